The lowest BCUT2D eigenvalue weighted by Gasteiger charge is -2.12. The smallest absolute Gasteiger partial charge is 0.250 e. The second-order valence-electron chi connectivity index (χ2n) is 5.41. The van der Waals surface area contributed by atoms with Gasteiger partial charge in [0.05, 0.1) is 0 Å². The Kier molecular flexibility index (Phi) is 6.14. The summed E-state index contributed by atoms with van der Waals surface area (Å²) in [6, 6.07) is 1.88. The van der Waals surface area contributed by atoms with Crippen LogP contribution in [0.1, 0.15) is 36.6 Å². The van der Waals surface area contributed by atoms with Crippen LogP contribution in [-0.2, 0) is 16.6 Å². The lowest BCUT2D eigenvalue weighted by atomic mass is 10.3. The van der Waals surface area contributed by atoms with E-state index in [1.165, 1.54) is 11.3 Å². The number of thioether (sulfide) groups is 1. The largest absolute Gasteiger partial charge is 0.315 e. The Labute approximate surface area is 136 Å². The number of hydrogen-bond acceptors (Lipinski definition) is 5. The highest BCUT2D eigenvalue weighted by atomic mass is 32.2. The highest BCUT2D eigenvalue weighted by Crippen LogP contribution is 2.32. The molecule has 1 aliphatic carbocycles. The Bertz CT molecular complexity index is 569. The van der Waals surface area contributed by atoms with Crippen molar-refractivity contribution in [1.29, 1.82) is 0 Å². The molecule has 0 bridgehead atoms. The van der Waals surface area contributed by atoms with Crippen molar-refractivity contribution in [3.63, 3.8) is 0 Å². The van der Waals surface area contributed by atoms with Crippen LogP contribution in [0.5, 0.6) is 0 Å². The lowest BCUT2D eigenvalue weighted by molar-refractivity contribution is 0.554. The molecule has 1 aromatic heterocycles. The van der Waals surface area contributed by atoms with Gasteiger partial charge in [0.15, 0.2) is 0 Å². The fourth-order valence-electron chi connectivity index (χ4n) is 2.67. The minimum absolute atomic E-state index is 0.0919. The zero-order chi connectivity index (χ0) is 15.5. The highest BCUT2D eigenvalue weighted by molar-refractivity contribution is 7.99. The van der Waals surface area contributed by atoms with E-state index in [2.05, 4.69) is 17.0 Å². The summed E-state index contributed by atoms with van der Waals surface area (Å²) < 4.78 is 28.3. The van der Waals surface area contributed by atoms with Crippen molar-refractivity contribution in [3.8, 4) is 0 Å². The van der Waals surface area contributed by atoms with E-state index in [0.717, 1.165) is 35.5 Å². The first-order chi connectivity index (χ1) is 9.96. The number of thiophene rings is 1. The van der Waals surface area contributed by atoms with E-state index in [1.807, 2.05) is 25.7 Å². The SMILES string of the molecule is CCSC1CCC(NS(=O)(=O)c2cc(C)c(CNC)s2)C1. The van der Waals surface area contributed by atoms with Crippen molar-refractivity contribution in [2.24, 2.45) is 0 Å². The van der Waals surface area contributed by atoms with Crippen LogP contribution in [0.15, 0.2) is 10.3 Å². The second-order valence-corrected chi connectivity index (χ2v) is 10.1. The molecule has 4 nitrogen and oxygen atoms in total. The van der Waals surface area contributed by atoms with Crippen LogP contribution >= 0.6 is 23.1 Å². The van der Waals surface area contributed by atoms with Crippen LogP contribution in [0, 0.1) is 6.92 Å². The molecule has 0 saturated heterocycles. The van der Waals surface area contributed by atoms with Crippen LogP contribution in [0.3, 0.4) is 0 Å². The molecule has 1 heterocycles. The molecule has 2 atom stereocenters. The van der Waals surface area contributed by atoms with Crippen molar-refractivity contribution in [2.75, 3.05) is 12.8 Å². The third kappa shape index (κ3) is 4.45. The Morgan fingerprint density at radius 1 is 1.43 bits per heavy atom. The van der Waals surface area contributed by atoms with Crippen molar-refractivity contribution in [3.05, 3.63) is 16.5 Å². The average Bonchev–Trinajstić information content (AvgIpc) is 2.98. The maximum absolute atomic E-state index is 12.5. The molecular formula is C14H24N2O2S3. The average molecular weight is 349 g/mol. The van der Waals surface area contributed by atoms with Gasteiger partial charge in [-0.1, -0.05) is 6.92 Å². The third-order valence-electron chi connectivity index (χ3n) is 3.71. The number of aryl methyl sites for hydroxylation is 1. The number of hydrogen-bond donors (Lipinski definition) is 2. The van der Waals surface area contributed by atoms with Crippen molar-refractivity contribution >= 4 is 33.1 Å². The van der Waals surface area contributed by atoms with Crippen LogP contribution in [0.25, 0.3) is 0 Å². The molecule has 0 aromatic carbocycles. The molecule has 21 heavy (non-hydrogen) atoms. The van der Waals surface area contributed by atoms with E-state index in [0.29, 0.717) is 16.0 Å². The molecular weight excluding hydrogens is 324 g/mol. The molecule has 1 saturated carbocycles. The van der Waals surface area contributed by atoms with Gasteiger partial charge in [-0.15, -0.1) is 11.3 Å². The summed E-state index contributed by atoms with van der Waals surface area (Å²) in [5, 5.41) is 3.68. The van der Waals surface area contributed by atoms with Gasteiger partial charge in [-0.05, 0) is 50.6 Å². The number of rotatable bonds is 7. The fourth-order valence-corrected chi connectivity index (χ4v) is 6.71. The first-order valence-corrected chi connectivity index (χ1v) is 10.7. The van der Waals surface area contributed by atoms with Gasteiger partial charge in [0, 0.05) is 22.7 Å². The molecule has 2 rings (SSSR count). The lowest BCUT2D eigenvalue weighted by Crippen LogP contribution is -2.32. The normalized spacial score (nSPS) is 22.8. The summed E-state index contributed by atoms with van der Waals surface area (Å²) in [6.07, 6.45) is 3.01. The number of nitrogens with one attached hydrogen (secondary N) is 2. The fraction of sp³-hybridized carbons (Fsp3) is 0.714. The quantitative estimate of drug-likeness (QED) is 0.795. The molecule has 0 spiro atoms. The molecule has 7 heteroatoms. The van der Waals surface area contributed by atoms with E-state index in [1.54, 1.807) is 6.07 Å². The standard InChI is InChI=1S/C14H24N2O2S3/c1-4-19-12-6-5-11(8-12)16-21(17,18)14-7-10(2)13(20-14)9-15-3/h7,11-12,15-16H,4-6,8-9H2,1-3H3. The van der Waals surface area contributed by atoms with E-state index in [4.69, 9.17) is 0 Å². The molecule has 2 N–H and O–H groups in total. The van der Waals surface area contributed by atoms with Gasteiger partial charge >= 0.3 is 0 Å². The van der Waals surface area contributed by atoms with Crippen LogP contribution in [0.2, 0.25) is 0 Å². The van der Waals surface area contributed by atoms with Gasteiger partial charge < -0.3 is 5.32 Å². The molecule has 1 fully saturated rings. The first-order valence-electron chi connectivity index (χ1n) is 7.34. The Morgan fingerprint density at radius 3 is 2.86 bits per heavy atom. The van der Waals surface area contributed by atoms with Crippen LogP contribution in [0.4, 0.5) is 0 Å². The van der Waals surface area contributed by atoms with E-state index in [9.17, 15) is 8.42 Å². The Balaban J connectivity index is 2.03. The van der Waals surface area contributed by atoms with Crippen LogP contribution in [-0.4, -0.2) is 32.5 Å². The molecule has 120 valence electrons. The third-order valence-corrected chi connectivity index (χ3v) is 8.17. The van der Waals surface area contributed by atoms with E-state index in [-0.39, 0.29) is 6.04 Å². The summed E-state index contributed by atoms with van der Waals surface area (Å²) in [6.45, 7) is 4.83. The van der Waals surface area contributed by atoms with Gasteiger partial charge in [0.1, 0.15) is 4.21 Å². The zero-order valence-corrected chi connectivity index (χ0v) is 15.3. The van der Waals surface area contributed by atoms with Crippen molar-refractivity contribution in [2.45, 2.75) is 55.2 Å². The van der Waals surface area contributed by atoms with Gasteiger partial charge in [-0.3, -0.25) is 0 Å². The summed E-state index contributed by atoms with van der Waals surface area (Å²) in [7, 11) is -1.50. The maximum atomic E-state index is 12.5. The zero-order valence-electron chi connectivity index (χ0n) is 12.8. The van der Waals surface area contributed by atoms with Crippen LogP contribution < -0.4 is 10.0 Å². The summed E-state index contributed by atoms with van der Waals surface area (Å²) >= 11 is 3.30. The molecule has 1 aliphatic rings. The topological polar surface area (TPSA) is 58.2 Å². The second kappa shape index (κ2) is 7.46. The maximum Gasteiger partial charge on any atom is 0.250 e. The van der Waals surface area contributed by atoms with Gasteiger partial charge in [-0.2, -0.15) is 11.8 Å². The summed E-state index contributed by atoms with van der Waals surface area (Å²) in [5.41, 5.74) is 1.04. The molecule has 0 aliphatic heterocycles. The predicted octanol–water partition coefficient (Wildman–Crippen LogP) is 2.73. The Morgan fingerprint density at radius 2 is 2.19 bits per heavy atom. The first kappa shape index (κ1) is 17.3. The van der Waals surface area contributed by atoms with E-state index < -0.39 is 10.0 Å². The highest BCUT2D eigenvalue weighted by Gasteiger charge is 2.29. The molecule has 1 aromatic rings. The monoisotopic (exact) mass is 348 g/mol. The van der Waals surface area contributed by atoms with Gasteiger partial charge in [-0.25, -0.2) is 13.1 Å². The molecule has 0 radical (unpaired) electrons. The molecule has 0 amide bonds. The van der Waals surface area contributed by atoms with Crippen molar-refractivity contribution in [1.82, 2.24) is 10.0 Å². The van der Waals surface area contributed by atoms with Gasteiger partial charge in [0.25, 0.3) is 0 Å². The summed E-state index contributed by atoms with van der Waals surface area (Å²) in [4.78, 5) is 1.09. The van der Waals surface area contributed by atoms with Gasteiger partial charge in [0.2, 0.25) is 10.0 Å². The number of sulfonamides is 1. The van der Waals surface area contributed by atoms with E-state index >= 15 is 0 Å². The molecule has 2 unspecified atom stereocenters. The van der Waals surface area contributed by atoms with Crippen molar-refractivity contribution < 1.29 is 8.42 Å². The minimum atomic E-state index is -3.37. The minimum Gasteiger partial charge on any atom is -0.315 e. The Hall–Kier alpha value is -0.0800. The summed E-state index contributed by atoms with van der Waals surface area (Å²) in [5.74, 6) is 1.10. The predicted molar refractivity (Wildman–Crippen MR) is 91.7 cm³/mol.